The van der Waals surface area contributed by atoms with Gasteiger partial charge in [0.2, 0.25) is 5.91 Å². The Balaban J connectivity index is 5.44. The first-order valence-corrected chi connectivity index (χ1v) is 6.96. The van der Waals surface area contributed by atoms with Gasteiger partial charge in [-0.05, 0) is 32.4 Å². The van der Waals surface area contributed by atoms with E-state index in [9.17, 15) is 14.7 Å². The fraction of sp³-hybridized carbons (Fsp3) is 0.800. The SMILES string of the molecule is C=NCC(=O)N(CCC(C)(C)C)[C@H](C(=O)OC)C(C)(C)O. The van der Waals surface area contributed by atoms with E-state index >= 15 is 0 Å². The van der Waals surface area contributed by atoms with Crippen LogP contribution in [0.3, 0.4) is 0 Å². The van der Waals surface area contributed by atoms with Crippen molar-refractivity contribution >= 4 is 18.6 Å². The molecule has 0 rings (SSSR count). The molecule has 21 heavy (non-hydrogen) atoms. The molecule has 1 N–H and O–H groups in total. The third-order valence-electron chi connectivity index (χ3n) is 3.08. The van der Waals surface area contributed by atoms with Crippen molar-refractivity contribution in [3.8, 4) is 0 Å². The molecule has 0 unspecified atom stereocenters. The van der Waals surface area contributed by atoms with Crippen molar-refractivity contribution in [2.45, 2.75) is 52.7 Å². The molecular weight excluding hydrogens is 272 g/mol. The van der Waals surface area contributed by atoms with E-state index in [4.69, 9.17) is 4.74 Å². The lowest BCUT2D eigenvalue weighted by Crippen LogP contribution is -2.57. The minimum absolute atomic E-state index is 0.0135. The Kier molecular flexibility index (Phi) is 7.03. The molecule has 0 aromatic heterocycles. The van der Waals surface area contributed by atoms with Crippen molar-refractivity contribution in [1.29, 1.82) is 0 Å². The number of rotatable bonds is 7. The molecule has 0 aliphatic heterocycles. The number of carbonyl (C=O) groups excluding carboxylic acids is 2. The van der Waals surface area contributed by atoms with Crippen LogP contribution in [0.25, 0.3) is 0 Å². The van der Waals surface area contributed by atoms with Gasteiger partial charge in [0.25, 0.3) is 0 Å². The molecule has 0 heterocycles. The number of amides is 1. The van der Waals surface area contributed by atoms with Crippen molar-refractivity contribution < 1.29 is 19.4 Å². The number of esters is 1. The molecule has 0 saturated heterocycles. The zero-order valence-corrected chi connectivity index (χ0v) is 14.0. The highest BCUT2D eigenvalue weighted by Crippen LogP contribution is 2.23. The molecule has 1 atom stereocenters. The lowest BCUT2D eigenvalue weighted by Gasteiger charge is -2.38. The van der Waals surface area contributed by atoms with Gasteiger partial charge in [0, 0.05) is 6.54 Å². The van der Waals surface area contributed by atoms with E-state index in [1.165, 1.54) is 25.9 Å². The predicted octanol–water partition coefficient (Wildman–Crippen LogP) is 1.26. The van der Waals surface area contributed by atoms with Gasteiger partial charge < -0.3 is 14.7 Å². The molecule has 0 saturated carbocycles. The number of nitrogens with zero attached hydrogens (tertiary/aromatic N) is 2. The fourth-order valence-corrected chi connectivity index (χ4v) is 1.95. The van der Waals surface area contributed by atoms with Gasteiger partial charge in [-0.15, -0.1) is 0 Å². The largest absolute Gasteiger partial charge is 0.467 e. The number of methoxy groups -OCH3 is 1. The van der Waals surface area contributed by atoms with Crippen LogP contribution in [-0.2, 0) is 14.3 Å². The van der Waals surface area contributed by atoms with Gasteiger partial charge in [-0.25, -0.2) is 4.79 Å². The fourth-order valence-electron chi connectivity index (χ4n) is 1.95. The molecule has 0 radical (unpaired) electrons. The zero-order valence-electron chi connectivity index (χ0n) is 14.0. The summed E-state index contributed by atoms with van der Waals surface area (Å²) in [5, 5.41) is 10.3. The third-order valence-corrected chi connectivity index (χ3v) is 3.08. The summed E-state index contributed by atoms with van der Waals surface area (Å²) in [4.78, 5) is 29.2. The topological polar surface area (TPSA) is 79.2 Å². The molecule has 0 spiro atoms. The molecule has 0 aliphatic rings. The second kappa shape index (κ2) is 7.54. The maximum Gasteiger partial charge on any atom is 0.331 e. The molecule has 0 fully saturated rings. The Bertz CT molecular complexity index is 380. The molecule has 0 aliphatic carbocycles. The monoisotopic (exact) mass is 300 g/mol. The van der Waals surface area contributed by atoms with E-state index < -0.39 is 17.6 Å². The van der Waals surface area contributed by atoms with E-state index in [-0.39, 0.29) is 17.9 Å². The average Bonchev–Trinajstić information content (AvgIpc) is 2.30. The van der Waals surface area contributed by atoms with Crippen molar-refractivity contribution in [3.63, 3.8) is 0 Å². The lowest BCUT2D eigenvalue weighted by atomic mass is 9.90. The Morgan fingerprint density at radius 2 is 1.81 bits per heavy atom. The van der Waals surface area contributed by atoms with Crippen LogP contribution in [0, 0.1) is 5.41 Å². The van der Waals surface area contributed by atoms with Gasteiger partial charge in [0.1, 0.15) is 6.54 Å². The van der Waals surface area contributed by atoms with E-state index in [0.717, 1.165) is 0 Å². The summed E-state index contributed by atoms with van der Waals surface area (Å²) in [6.45, 7) is 12.6. The van der Waals surface area contributed by atoms with Crippen LogP contribution >= 0.6 is 0 Å². The third kappa shape index (κ3) is 6.71. The van der Waals surface area contributed by atoms with Crippen molar-refractivity contribution in [2.24, 2.45) is 10.4 Å². The van der Waals surface area contributed by atoms with Crippen LogP contribution in [0.1, 0.15) is 41.0 Å². The number of carbonyl (C=O) groups is 2. The first-order chi connectivity index (χ1) is 9.44. The van der Waals surface area contributed by atoms with Crippen LogP contribution in [-0.4, -0.2) is 60.4 Å². The highest BCUT2D eigenvalue weighted by Gasteiger charge is 2.41. The standard InChI is InChI=1S/C15H28N2O4/c1-14(2,3)8-9-17(11(18)10-16-6)12(13(19)21-7)15(4,5)20/h12,20H,6,8-10H2,1-5,7H3/t12-/m1/s1. The summed E-state index contributed by atoms with van der Waals surface area (Å²) < 4.78 is 4.74. The van der Waals surface area contributed by atoms with Crippen molar-refractivity contribution in [1.82, 2.24) is 4.90 Å². The van der Waals surface area contributed by atoms with Crippen LogP contribution < -0.4 is 0 Å². The average molecular weight is 300 g/mol. The normalized spacial score (nSPS) is 13.5. The summed E-state index contributed by atoms with van der Waals surface area (Å²) in [7, 11) is 1.24. The van der Waals surface area contributed by atoms with Gasteiger partial charge in [-0.2, -0.15) is 0 Å². The van der Waals surface area contributed by atoms with E-state index in [1.54, 1.807) is 0 Å². The van der Waals surface area contributed by atoms with Gasteiger partial charge >= 0.3 is 5.97 Å². The van der Waals surface area contributed by atoms with E-state index in [2.05, 4.69) is 11.7 Å². The van der Waals surface area contributed by atoms with Gasteiger partial charge in [0.05, 0.1) is 12.7 Å². The number of aliphatic imine (C=N–C) groups is 1. The van der Waals surface area contributed by atoms with Crippen molar-refractivity contribution in [2.75, 3.05) is 20.2 Å². The summed E-state index contributed by atoms with van der Waals surface area (Å²) in [6.07, 6.45) is 0.680. The van der Waals surface area contributed by atoms with Crippen molar-refractivity contribution in [3.05, 3.63) is 0 Å². The second-order valence-corrected chi connectivity index (χ2v) is 6.86. The molecule has 6 heteroatoms. The number of aliphatic hydroxyl groups is 1. The molecule has 0 aromatic carbocycles. The zero-order chi connectivity index (χ0) is 16.8. The first-order valence-electron chi connectivity index (χ1n) is 6.96. The van der Waals surface area contributed by atoms with Crippen LogP contribution in [0.15, 0.2) is 4.99 Å². The Morgan fingerprint density at radius 3 is 2.14 bits per heavy atom. The second-order valence-electron chi connectivity index (χ2n) is 6.86. The van der Waals surface area contributed by atoms with Gasteiger partial charge in [-0.1, -0.05) is 20.8 Å². The summed E-state index contributed by atoms with van der Waals surface area (Å²) in [5.41, 5.74) is -1.43. The molecule has 6 nitrogen and oxygen atoms in total. The molecule has 0 aromatic rings. The van der Waals surface area contributed by atoms with Gasteiger partial charge in [-0.3, -0.25) is 9.79 Å². The molecule has 1 amide bonds. The highest BCUT2D eigenvalue weighted by molar-refractivity contribution is 5.86. The van der Waals surface area contributed by atoms with Gasteiger partial charge in [0.15, 0.2) is 6.04 Å². The van der Waals surface area contributed by atoms with E-state index in [0.29, 0.717) is 13.0 Å². The maximum absolute atomic E-state index is 12.2. The number of hydrogen-bond donors (Lipinski definition) is 1. The first kappa shape index (κ1) is 19.6. The Morgan fingerprint density at radius 1 is 1.29 bits per heavy atom. The summed E-state index contributed by atoms with van der Waals surface area (Å²) >= 11 is 0. The molecule has 0 bridgehead atoms. The lowest BCUT2D eigenvalue weighted by molar-refractivity contribution is -0.163. The Hall–Kier alpha value is -1.43. The quantitative estimate of drug-likeness (QED) is 0.567. The maximum atomic E-state index is 12.2. The predicted molar refractivity (Wildman–Crippen MR) is 82.3 cm³/mol. The smallest absolute Gasteiger partial charge is 0.331 e. The minimum atomic E-state index is -1.41. The summed E-state index contributed by atoms with van der Waals surface area (Å²) in [5.74, 6) is -0.999. The Labute approximate surface area is 127 Å². The number of ether oxygens (including phenoxy) is 1. The van der Waals surface area contributed by atoms with E-state index in [1.807, 2.05) is 20.8 Å². The van der Waals surface area contributed by atoms with Crippen LogP contribution in [0.4, 0.5) is 0 Å². The molecular formula is C15H28N2O4. The summed E-state index contributed by atoms with van der Waals surface area (Å²) in [6, 6.07) is -1.07. The van der Waals surface area contributed by atoms with Crippen LogP contribution in [0.5, 0.6) is 0 Å². The van der Waals surface area contributed by atoms with Crippen LogP contribution in [0.2, 0.25) is 0 Å². The minimum Gasteiger partial charge on any atom is -0.467 e. The number of hydrogen-bond acceptors (Lipinski definition) is 5. The molecule has 122 valence electrons. The highest BCUT2D eigenvalue weighted by atomic mass is 16.5.